The normalized spacial score (nSPS) is 11.7. The molecule has 4 nitrogen and oxygen atoms in total. The van der Waals surface area contributed by atoms with Crippen molar-refractivity contribution in [2.45, 2.75) is 18.7 Å². The van der Waals surface area contributed by atoms with Crippen molar-refractivity contribution >= 4 is 20.8 Å². The zero-order chi connectivity index (χ0) is 13.9. The minimum Gasteiger partial charge on any atom is -0.494 e. The van der Waals surface area contributed by atoms with Crippen molar-refractivity contribution in [3.05, 3.63) is 36.4 Å². The van der Waals surface area contributed by atoms with E-state index in [0.717, 1.165) is 16.5 Å². The Morgan fingerprint density at radius 3 is 2.42 bits per heavy atom. The van der Waals surface area contributed by atoms with Crippen LogP contribution in [0.1, 0.15) is 13.8 Å². The lowest BCUT2D eigenvalue weighted by atomic mass is 10.1. The molecule has 0 fully saturated rings. The van der Waals surface area contributed by atoms with Gasteiger partial charge in [-0.15, -0.1) is 0 Å². The minimum absolute atomic E-state index is 0.283. The monoisotopic (exact) mass is 279 g/mol. The number of hydrogen-bond donors (Lipinski definition) is 1. The van der Waals surface area contributed by atoms with Crippen molar-refractivity contribution < 1.29 is 13.2 Å². The van der Waals surface area contributed by atoms with E-state index < -0.39 is 10.0 Å². The third kappa shape index (κ3) is 3.05. The molecule has 0 amide bonds. The maximum atomic E-state index is 11.9. The molecule has 0 heterocycles. The highest BCUT2D eigenvalue weighted by Crippen LogP contribution is 2.23. The molecule has 0 atom stereocenters. The molecule has 0 unspecified atom stereocenters. The van der Waals surface area contributed by atoms with Crippen molar-refractivity contribution in [3.8, 4) is 5.75 Å². The van der Waals surface area contributed by atoms with Crippen LogP contribution in [0, 0.1) is 0 Å². The van der Waals surface area contributed by atoms with Gasteiger partial charge in [-0.25, -0.2) is 13.1 Å². The lowest BCUT2D eigenvalue weighted by Gasteiger charge is -2.07. The summed E-state index contributed by atoms with van der Waals surface area (Å²) in [7, 11) is -3.40. The Labute approximate surface area is 113 Å². The summed E-state index contributed by atoms with van der Waals surface area (Å²) in [5.74, 6) is 0.789. The third-order valence-corrected chi connectivity index (χ3v) is 4.28. The highest BCUT2D eigenvalue weighted by atomic mass is 32.2. The first-order chi connectivity index (χ1) is 9.06. The van der Waals surface area contributed by atoms with E-state index in [4.69, 9.17) is 4.74 Å². The van der Waals surface area contributed by atoms with E-state index in [2.05, 4.69) is 4.72 Å². The standard InChI is InChI=1S/C14H17NO3S/c1-3-15-19(16,17)14-8-6-11-9-13(18-4-2)7-5-12(11)10-14/h5-10,15H,3-4H2,1-2H3. The molecule has 0 bridgehead atoms. The Morgan fingerprint density at radius 1 is 1.05 bits per heavy atom. The van der Waals surface area contributed by atoms with Crippen LogP contribution in [0.4, 0.5) is 0 Å². The molecule has 102 valence electrons. The van der Waals surface area contributed by atoms with Gasteiger partial charge in [-0.1, -0.05) is 19.1 Å². The molecular weight excluding hydrogens is 262 g/mol. The molecule has 0 aliphatic heterocycles. The molecule has 2 rings (SSSR count). The molecule has 0 spiro atoms. The number of hydrogen-bond acceptors (Lipinski definition) is 3. The SMILES string of the molecule is CCNS(=O)(=O)c1ccc2cc(OCC)ccc2c1. The summed E-state index contributed by atoms with van der Waals surface area (Å²) in [6.07, 6.45) is 0. The van der Waals surface area contributed by atoms with Gasteiger partial charge in [0.15, 0.2) is 0 Å². The van der Waals surface area contributed by atoms with Crippen molar-refractivity contribution in [3.63, 3.8) is 0 Å². The lowest BCUT2D eigenvalue weighted by molar-refractivity contribution is 0.341. The molecular formula is C14H17NO3S. The van der Waals surface area contributed by atoms with Crippen LogP contribution in [0.25, 0.3) is 10.8 Å². The second kappa shape index (κ2) is 5.59. The Morgan fingerprint density at radius 2 is 1.74 bits per heavy atom. The molecule has 0 aliphatic rings. The van der Waals surface area contributed by atoms with Crippen LogP contribution in [-0.4, -0.2) is 21.6 Å². The largest absolute Gasteiger partial charge is 0.494 e. The summed E-state index contributed by atoms with van der Waals surface area (Å²) < 4.78 is 31.7. The molecule has 2 aromatic rings. The van der Waals surface area contributed by atoms with Crippen LogP contribution in [0.3, 0.4) is 0 Å². The maximum Gasteiger partial charge on any atom is 0.240 e. The zero-order valence-corrected chi connectivity index (χ0v) is 11.8. The van der Waals surface area contributed by atoms with Crippen LogP contribution in [0.2, 0.25) is 0 Å². The molecule has 0 aliphatic carbocycles. The van der Waals surface area contributed by atoms with Gasteiger partial charge in [0.1, 0.15) is 5.75 Å². The molecule has 0 aromatic heterocycles. The third-order valence-electron chi connectivity index (χ3n) is 2.74. The van der Waals surface area contributed by atoms with Crippen molar-refractivity contribution in [2.24, 2.45) is 0 Å². The van der Waals surface area contributed by atoms with Crippen molar-refractivity contribution in [2.75, 3.05) is 13.2 Å². The van der Waals surface area contributed by atoms with Crippen LogP contribution in [0.15, 0.2) is 41.3 Å². The Hall–Kier alpha value is -1.59. The first-order valence-electron chi connectivity index (χ1n) is 6.23. The Kier molecular flexibility index (Phi) is 4.07. The number of ether oxygens (including phenoxy) is 1. The summed E-state index contributed by atoms with van der Waals surface area (Å²) in [6.45, 7) is 4.67. The summed E-state index contributed by atoms with van der Waals surface area (Å²) in [5.41, 5.74) is 0. The first-order valence-corrected chi connectivity index (χ1v) is 7.71. The number of fused-ring (bicyclic) bond motifs is 1. The first kappa shape index (κ1) is 13.8. The van der Waals surface area contributed by atoms with Gasteiger partial charge in [0.25, 0.3) is 0 Å². The Bertz CT molecular complexity index is 680. The van der Waals surface area contributed by atoms with Gasteiger partial charge >= 0.3 is 0 Å². The maximum absolute atomic E-state index is 11.9. The van der Waals surface area contributed by atoms with Crippen LogP contribution < -0.4 is 9.46 Å². The van der Waals surface area contributed by atoms with Gasteiger partial charge in [-0.3, -0.25) is 0 Å². The average Bonchev–Trinajstić information content (AvgIpc) is 2.38. The number of sulfonamides is 1. The summed E-state index contributed by atoms with van der Waals surface area (Å²) in [6, 6.07) is 10.7. The minimum atomic E-state index is -3.40. The molecule has 0 saturated heterocycles. The van der Waals surface area contributed by atoms with Crippen molar-refractivity contribution in [1.82, 2.24) is 4.72 Å². The second-order valence-electron chi connectivity index (χ2n) is 4.11. The highest BCUT2D eigenvalue weighted by Gasteiger charge is 2.12. The van der Waals surface area contributed by atoms with Gasteiger partial charge in [0, 0.05) is 6.54 Å². The molecule has 0 saturated carbocycles. The number of nitrogens with one attached hydrogen (secondary N) is 1. The van der Waals surface area contributed by atoms with E-state index in [9.17, 15) is 8.42 Å². The summed E-state index contributed by atoms with van der Waals surface area (Å²) >= 11 is 0. The van der Waals surface area contributed by atoms with Gasteiger partial charge in [-0.2, -0.15) is 0 Å². The molecule has 1 N–H and O–H groups in total. The van der Waals surface area contributed by atoms with E-state index >= 15 is 0 Å². The molecule has 2 aromatic carbocycles. The van der Waals surface area contributed by atoms with E-state index in [-0.39, 0.29) is 4.90 Å². The summed E-state index contributed by atoms with van der Waals surface area (Å²) in [4.78, 5) is 0.283. The van der Waals surface area contributed by atoms with Crippen LogP contribution in [0.5, 0.6) is 5.75 Å². The smallest absolute Gasteiger partial charge is 0.240 e. The fraction of sp³-hybridized carbons (Fsp3) is 0.286. The lowest BCUT2D eigenvalue weighted by Crippen LogP contribution is -2.22. The van der Waals surface area contributed by atoms with Gasteiger partial charge in [-0.05, 0) is 42.0 Å². The quantitative estimate of drug-likeness (QED) is 0.915. The number of rotatable bonds is 5. The van der Waals surface area contributed by atoms with E-state index in [1.54, 1.807) is 25.1 Å². The molecule has 0 radical (unpaired) electrons. The zero-order valence-electron chi connectivity index (χ0n) is 11.0. The number of benzene rings is 2. The summed E-state index contributed by atoms with van der Waals surface area (Å²) in [5, 5.41) is 1.84. The second-order valence-corrected chi connectivity index (χ2v) is 5.87. The predicted molar refractivity (Wildman–Crippen MR) is 76.0 cm³/mol. The van der Waals surface area contributed by atoms with Gasteiger partial charge < -0.3 is 4.74 Å². The van der Waals surface area contributed by atoms with Crippen LogP contribution in [-0.2, 0) is 10.0 Å². The predicted octanol–water partition coefficient (Wildman–Crippen LogP) is 2.54. The highest BCUT2D eigenvalue weighted by molar-refractivity contribution is 7.89. The fourth-order valence-corrected chi connectivity index (χ4v) is 2.97. The molecule has 5 heteroatoms. The van der Waals surface area contributed by atoms with Gasteiger partial charge in [0.05, 0.1) is 11.5 Å². The topological polar surface area (TPSA) is 55.4 Å². The van der Waals surface area contributed by atoms with Gasteiger partial charge in [0.2, 0.25) is 10.0 Å². The fourth-order valence-electron chi connectivity index (χ4n) is 1.90. The van der Waals surface area contributed by atoms with E-state index in [0.29, 0.717) is 13.2 Å². The van der Waals surface area contributed by atoms with Crippen molar-refractivity contribution in [1.29, 1.82) is 0 Å². The average molecular weight is 279 g/mol. The molecule has 19 heavy (non-hydrogen) atoms. The Balaban J connectivity index is 2.45. The van der Waals surface area contributed by atoms with E-state index in [1.807, 2.05) is 25.1 Å². The van der Waals surface area contributed by atoms with E-state index in [1.165, 1.54) is 0 Å². The van der Waals surface area contributed by atoms with Crippen LogP contribution >= 0.6 is 0 Å².